The van der Waals surface area contributed by atoms with E-state index >= 15 is 0 Å². The van der Waals surface area contributed by atoms with Crippen molar-refractivity contribution in [2.24, 2.45) is 0 Å². The Kier molecular flexibility index (Phi) is 2.22. The second kappa shape index (κ2) is 3.19. The molecule has 0 bridgehead atoms. The summed E-state index contributed by atoms with van der Waals surface area (Å²) in [6, 6.07) is 3.74. The Hall–Kier alpha value is -1.63. The second-order valence-corrected chi connectivity index (χ2v) is 6.60. The van der Waals surface area contributed by atoms with Crippen LogP contribution in [0.25, 0.3) is 0 Å². The Morgan fingerprint density at radius 2 is 1.94 bits per heavy atom. The van der Waals surface area contributed by atoms with Crippen LogP contribution >= 0.6 is 0 Å². The van der Waals surface area contributed by atoms with Gasteiger partial charge in [0.2, 0.25) is 0 Å². The smallest absolute Gasteiger partial charge is 0.263 e. The number of carbonyl (C=O) groups is 1. The summed E-state index contributed by atoms with van der Waals surface area (Å²) in [4.78, 5) is 11.7. The van der Waals surface area contributed by atoms with Crippen molar-refractivity contribution in [1.29, 1.82) is 0 Å². The Balaban J connectivity index is 2.63. The Labute approximate surface area is 98.1 Å². The van der Waals surface area contributed by atoms with Crippen molar-refractivity contribution in [3.63, 3.8) is 0 Å². The zero-order valence-electron chi connectivity index (χ0n) is 9.27. The Morgan fingerprint density at radius 1 is 1.35 bits per heavy atom. The van der Waals surface area contributed by atoms with Gasteiger partial charge >= 0.3 is 0 Å². The lowest BCUT2D eigenvalue weighted by Gasteiger charge is -2.43. The molecule has 1 aromatic rings. The summed E-state index contributed by atoms with van der Waals surface area (Å²) in [5.41, 5.74) is 5.03. The predicted molar refractivity (Wildman–Crippen MR) is 61.3 cm³/mol. The fourth-order valence-electron chi connectivity index (χ4n) is 1.62. The molecule has 0 saturated carbocycles. The molecular weight excluding hydrogens is 247 g/mol. The van der Waals surface area contributed by atoms with Crippen molar-refractivity contribution in [3.8, 4) is 0 Å². The molecule has 92 valence electrons. The highest BCUT2D eigenvalue weighted by Crippen LogP contribution is 2.42. The molecule has 0 spiro atoms. The summed E-state index contributed by atoms with van der Waals surface area (Å²) in [6.45, 7) is 2.55. The number of amides is 1. The van der Waals surface area contributed by atoms with E-state index in [-0.39, 0.29) is 5.69 Å². The van der Waals surface area contributed by atoms with Crippen LogP contribution in [0.4, 0.5) is 15.8 Å². The van der Waals surface area contributed by atoms with Crippen molar-refractivity contribution in [2.75, 3.05) is 10.0 Å². The van der Waals surface area contributed by atoms with Gasteiger partial charge in [-0.3, -0.25) is 4.79 Å². The molecule has 0 atom stereocenters. The van der Waals surface area contributed by atoms with Crippen LogP contribution < -0.4 is 10.0 Å². The lowest BCUT2D eigenvalue weighted by molar-refractivity contribution is -0.120. The third-order valence-electron chi connectivity index (χ3n) is 2.81. The van der Waals surface area contributed by atoms with E-state index in [0.29, 0.717) is 4.31 Å². The average Bonchev–Trinajstić information content (AvgIpc) is 2.22. The second-order valence-electron chi connectivity index (χ2n) is 4.26. The first-order valence-corrected chi connectivity index (χ1v) is 6.28. The van der Waals surface area contributed by atoms with E-state index in [4.69, 9.17) is 5.73 Å². The number of para-hydroxylation sites is 1. The fraction of sp³-hybridized carbons (Fsp3) is 0.300. The number of nitrogens with zero attached hydrogens (tertiary/aromatic N) is 1. The summed E-state index contributed by atoms with van der Waals surface area (Å²) in [5, 5.41) is 0. The van der Waals surface area contributed by atoms with Crippen LogP contribution in [0.5, 0.6) is 0 Å². The molecule has 2 rings (SSSR count). The Bertz CT molecular complexity index is 590. The van der Waals surface area contributed by atoms with Crippen molar-refractivity contribution < 1.29 is 17.6 Å². The van der Waals surface area contributed by atoms with Crippen molar-refractivity contribution in [2.45, 2.75) is 18.6 Å². The van der Waals surface area contributed by atoms with Crippen LogP contribution in [0.15, 0.2) is 18.2 Å². The molecule has 7 heteroatoms. The van der Waals surface area contributed by atoms with Gasteiger partial charge in [0.05, 0.1) is 5.69 Å². The number of hydrogen-bond acceptors (Lipinski definition) is 4. The number of anilines is 2. The number of rotatable bonds is 1. The average molecular weight is 258 g/mol. The van der Waals surface area contributed by atoms with Crippen LogP contribution in [-0.2, 0) is 14.8 Å². The SMILES string of the molecule is CC1(C)C(=O)N(c2c(N)cccc2F)S1(=O)=O. The topological polar surface area (TPSA) is 80.5 Å². The summed E-state index contributed by atoms with van der Waals surface area (Å²) in [6.07, 6.45) is 0. The molecule has 1 heterocycles. The van der Waals surface area contributed by atoms with Crippen LogP contribution in [0, 0.1) is 5.82 Å². The monoisotopic (exact) mass is 258 g/mol. The highest BCUT2D eigenvalue weighted by Gasteiger charge is 2.61. The quantitative estimate of drug-likeness (QED) is 0.758. The largest absolute Gasteiger partial charge is 0.397 e. The number of carbonyl (C=O) groups excluding carboxylic acids is 1. The zero-order valence-corrected chi connectivity index (χ0v) is 10.1. The van der Waals surface area contributed by atoms with Gasteiger partial charge in [-0.25, -0.2) is 12.8 Å². The molecule has 0 aromatic heterocycles. The number of nitrogens with two attached hydrogens (primary N) is 1. The first-order valence-electron chi connectivity index (χ1n) is 4.84. The predicted octanol–water partition coefficient (Wildman–Crippen LogP) is 0.863. The number of hydrogen-bond donors (Lipinski definition) is 1. The van der Waals surface area contributed by atoms with Crippen molar-refractivity contribution in [3.05, 3.63) is 24.0 Å². The lowest BCUT2D eigenvalue weighted by atomic mass is 10.1. The van der Waals surface area contributed by atoms with E-state index in [0.717, 1.165) is 6.07 Å². The maximum absolute atomic E-state index is 13.6. The molecule has 0 radical (unpaired) electrons. The van der Waals surface area contributed by atoms with Crippen molar-refractivity contribution in [1.82, 2.24) is 0 Å². The molecule has 17 heavy (non-hydrogen) atoms. The minimum Gasteiger partial charge on any atom is -0.397 e. The minimum atomic E-state index is -3.88. The van der Waals surface area contributed by atoms with Gasteiger partial charge in [-0.1, -0.05) is 6.07 Å². The Morgan fingerprint density at radius 3 is 2.41 bits per heavy atom. The number of nitrogen functional groups attached to an aromatic ring is 1. The van der Waals surface area contributed by atoms with Gasteiger partial charge in [-0.05, 0) is 26.0 Å². The summed E-state index contributed by atoms with van der Waals surface area (Å²) < 4.78 is 36.2. The maximum Gasteiger partial charge on any atom is 0.263 e. The summed E-state index contributed by atoms with van der Waals surface area (Å²) in [7, 11) is -3.88. The van der Waals surface area contributed by atoms with E-state index in [1.54, 1.807) is 0 Å². The van der Waals surface area contributed by atoms with E-state index < -0.39 is 32.2 Å². The van der Waals surface area contributed by atoms with Crippen LogP contribution in [-0.4, -0.2) is 19.1 Å². The van der Waals surface area contributed by atoms with E-state index in [9.17, 15) is 17.6 Å². The number of sulfonamides is 1. The molecule has 1 aliphatic rings. The highest BCUT2D eigenvalue weighted by atomic mass is 32.2. The van der Waals surface area contributed by atoms with E-state index in [1.165, 1.54) is 26.0 Å². The summed E-state index contributed by atoms with van der Waals surface area (Å²) in [5.74, 6) is -1.52. The summed E-state index contributed by atoms with van der Waals surface area (Å²) >= 11 is 0. The molecule has 1 aliphatic heterocycles. The third-order valence-corrected chi connectivity index (χ3v) is 5.10. The standard InChI is InChI=1S/C10H11FN2O3S/c1-10(2)9(14)13(17(10,15)16)8-6(11)4-3-5-7(8)12/h3-5H,12H2,1-2H3. The molecule has 1 amide bonds. The number of halogens is 1. The normalized spacial score (nSPS) is 21.1. The number of benzene rings is 1. The zero-order chi connectivity index (χ0) is 13.0. The van der Waals surface area contributed by atoms with Gasteiger partial charge in [0, 0.05) is 0 Å². The first-order chi connectivity index (χ1) is 7.71. The first kappa shape index (κ1) is 11.8. The van der Waals surface area contributed by atoms with E-state index in [2.05, 4.69) is 0 Å². The molecular formula is C10H11FN2O3S. The fourth-order valence-corrected chi connectivity index (χ4v) is 3.14. The third kappa shape index (κ3) is 1.28. The van der Waals surface area contributed by atoms with Crippen LogP contribution in [0.3, 0.4) is 0 Å². The van der Waals surface area contributed by atoms with E-state index in [1.807, 2.05) is 0 Å². The van der Waals surface area contributed by atoms with Gasteiger partial charge in [0.25, 0.3) is 15.9 Å². The van der Waals surface area contributed by atoms with Crippen LogP contribution in [0.2, 0.25) is 0 Å². The maximum atomic E-state index is 13.6. The molecule has 2 N–H and O–H groups in total. The van der Waals surface area contributed by atoms with Gasteiger partial charge in [0.1, 0.15) is 11.5 Å². The molecule has 5 nitrogen and oxygen atoms in total. The van der Waals surface area contributed by atoms with Gasteiger partial charge in [-0.2, -0.15) is 4.31 Å². The van der Waals surface area contributed by atoms with Gasteiger partial charge < -0.3 is 5.73 Å². The van der Waals surface area contributed by atoms with Gasteiger partial charge in [-0.15, -0.1) is 0 Å². The lowest BCUT2D eigenvalue weighted by Crippen LogP contribution is -2.68. The molecule has 1 fully saturated rings. The highest BCUT2D eigenvalue weighted by molar-refractivity contribution is 7.98. The van der Waals surface area contributed by atoms with Crippen LogP contribution in [0.1, 0.15) is 13.8 Å². The minimum absolute atomic E-state index is 0.0857. The molecule has 0 unspecified atom stereocenters. The van der Waals surface area contributed by atoms with Gasteiger partial charge in [0.15, 0.2) is 4.75 Å². The van der Waals surface area contributed by atoms with Crippen molar-refractivity contribution >= 4 is 27.3 Å². The molecule has 1 saturated heterocycles. The molecule has 1 aromatic carbocycles. The molecule has 0 aliphatic carbocycles.